The summed E-state index contributed by atoms with van der Waals surface area (Å²) in [7, 11) is 0. The Kier molecular flexibility index (Phi) is 7.12. The largest absolute Gasteiger partial charge is 0.370 e. The van der Waals surface area contributed by atoms with Crippen LogP contribution in [0.4, 0.5) is 0 Å². The highest BCUT2D eigenvalue weighted by Crippen LogP contribution is 1.77. The van der Waals surface area contributed by atoms with Crippen LogP contribution < -0.4 is 11.5 Å². The van der Waals surface area contributed by atoms with Crippen molar-refractivity contribution in [3.8, 4) is 0 Å². The highest BCUT2D eigenvalue weighted by Gasteiger charge is 1.92. The number of carbonyl (C=O) groups excluding carboxylic acids is 1. The van der Waals surface area contributed by atoms with Gasteiger partial charge in [0.15, 0.2) is 5.96 Å². The molecule has 4 N–H and O–H groups in total. The van der Waals surface area contributed by atoms with Gasteiger partial charge in [-0.2, -0.15) is 4.99 Å². The van der Waals surface area contributed by atoms with Crippen LogP contribution in [0.5, 0.6) is 0 Å². The lowest BCUT2D eigenvalue weighted by molar-refractivity contribution is -0.115. The summed E-state index contributed by atoms with van der Waals surface area (Å²) in [6.07, 6.45) is 0. The second-order valence-electron chi connectivity index (χ2n) is 1.06. The van der Waals surface area contributed by atoms with Crippen molar-refractivity contribution in [2.24, 2.45) is 16.5 Å². The second-order valence-corrected chi connectivity index (χ2v) is 1.33. The Morgan fingerprint density at radius 2 is 2.00 bits per heavy atom. The molecule has 0 atom stereocenters. The fraction of sp³-hybridized carbons (Fsp3) is 0.333. The Balaban J connectivity index is 0. The van der Waals surface area contributed by atoms with E-state index in [9.17, 15) is 4.79 Å². The summed E-state index contributed by atoms with van der Waals surface area (Å²) in [5.74, 6) is -0.958. The summed E-state index contributed by atoms with van der Waals surface area (Å²) in [4.78, 5) is 13.2. The van der Waals surface area contributed by atoms with Crippen molar-refractivity contribution in [2.75, 3.05) is 5.88 Å². The van der Waals surface area contributed by atoms with Crippen LogP contribution in [0.25, 0.3) is 0 Å². The molecule has 0 aliphatic rings. The number of hydrogen-bond donors (Lipinski definition) is 2. The van der Waals surface area contributed by atoms with Gasteiger partial charge in [-0.15, -0.1) is 24.0 Å². The minimum Gasteiger partial charge on any atom is -0.370 e. The van der Waals surface area contributed by atoms with E-state index in [0.29, 0.717) is 0 Å². The van der Waals surface area contributed by atoms with Gasteiger partial charge in [-0.25, -0.2) is 0 Å². The molecule has 0 heterocycles. The molecular weight excluding hydrogens is 165 g/mol. The van der Waals surface area contributed by atoms with E-state index in [1.807, 2.05) is 0 Å². The van der Waals surface area contributed by atoms with Crippen molar-refractivity contribution in [1.29, 1.82) is 0 Å². The molecule has 0 bridgehead atoms. The number of halogens is 2. The van der Waals surface area contributed by atoms with E-state index in [2.05, 4.69) is 4.99 Å². The SMILES string of the molecule is Cl.NC(N)=NC(=O)CCl. The minimum absolute atomic E-state index is 0. The van der Waals surface area contributed by atoms with Crippen molar-refractivity contribution >= 4 is 35.9 Å². The summed E-state index contributed by atoms with van der Waals surface area (Å²) in [5, 5.41) is 0. The Hall–Kier alpha value is -0.480. The van der Waals surface area contributed by atoms with Gasteiger partial charge in [0.1, 0.15) is 5.88 Å². The van der Waals surface area contributed by atoms with Gasteiger partial charge in [0.2, 0.25) is 0 Å². The predicted molar refractivity (Wildman–Crippen MR) is 38.8 cm³/mol. The van der Waals surface area contributed by atoms with Crippen molar-refractivity contribution in [1.82, 2.24) is 0 Å². The fourth-order valence-electron chi connectivity index (χ4n) is 0.174. The molecule has 54 valence electrons. The van der Waals surface area contributed by atoms with Crippen LogP contribution in [-0.4, -0.2) is 17.7 Å². The van der Waals surface area contributed by atoms with E-state index in [1.165, 1.54) is 0 Å². The third-order valence-electron chi connectivity index (χ3n) is 0.368. The quantitative estimate of drug-likeness (QED) is 0.316. The van der Waals surface area contributed by atoms with Crippen molar-refractivity contribution in [3.05, 3.63) is 0 Å². The lowest BCUT2D eigenvalue weighted by atomic mass is 10.7. The van der Waals surface area contributed by atoms with E-state index in [1.54, 1.807) is 0 Å². The molecule has 0 spiro atoms. The van der Waals surface area contributed by atoms with Crippen LogP contribution in [0.2, 0.25) is 0 Å². The molecule has 6 heteroatoms. The monoisotopic (exact) mass is 171 g/mol. The van der Waals surface area contributed by atoms with Gasteiger partial charge < -0.3 is 11.5 Å². The first-order valence-corrected chi connectivity index (χ1v) is 2.38. The molecule has 0 aromatic rings. The van der Waals surface area contributed by atoms with Crippen molar-refractivity contribution in [2.45, 2.75) is 0 Å². The van der Waals surface area contributed by atoms with Gasteiger partial charge in [0.05, 0.1) is 0 Å². The smallest absolute Gasteiger partial charge is 0.263 e. The molecule has 1 amide bonds. The normalized spacial score (nSPS) is 7.22. The molecular formula is C3H7Cl2N3O. The Morgan fingerprint density at radius 1 is 1.56 bits per heavy atom. The van der Waals surface area contributed by atoms with E-state index >= 15 is 0 Å². The number of nitrogens with two attached hydrogens (primary N) is 2. The number of hydrogen-bond acceptors (Lipinski definition) is 1. The van der Waals surface area contributed by atoms with Crippen LogP contribution in [0.3, 0.4) is 0 Å². The number of nitrogens with zero attached hydrogens (tertiary/aromatic N) is 1. The average Bonchev–Trinajstić information content (AvgIpc) is 1.65. The molecule has 9 heavy (non-hydrogen) atoms. The summed E-state index contributed by atoms with van der Waals surface area (Å²) in [6.45, 7) is 0. The van der Waals surface area contributed by atoms with Crippen molar-refractivity contribution in [3.63, 3.8) is 0 Å². The molecule has 0 saturated carbocycles. The van der Waals surface area contributed by atoms with Crippen LogP contribution in [-0.2, 0) is 4.79 Å². The van der Waals surface area contributed by atoms with Crippen LogP contribution in [0, 0.1) is 0 Å². The molecule has 4 nitrogen and oxygen atoms in total. The molecule has 0 aliphatic carbocycles. The molecule has 0 aliphatic heterocycles. The number of guanidine groups is 1. The fourth-order valence-corrected chi connectivity index (χ4v) is 0.234. The van der Waals surface area contributed by atoms with E-state index in [4.69, 9.17) is 23.1 Å². The number of rotatable bonds is 1. The predicted octanol–water partition coefficient (Wildman–Crippen LogP) is -0.553. The van der Waals surface area contributed by atoms with E-state index in [0.717, 1.165) is 0 Å². The van der Waals surface area contributed by atoms with E-state index < -0.39 is 5.91 Å². The zero-order chi connectivity index (χ0) is 6.57. The van der Waals surface area contributed by atoms with Gasteiger partial charge in [-0.1, -0.05) is 0 Å². The maximum absolute atomic E-state index is 10.1. The molecule has 0 saturated heterocycles. The van der Waals surface area contributed by atoms with E-state index in [-0.39, 0.29) is 24.2 Å². The zero-order valence-electron chi connectivity index (χ0n) is 4.50. The number of amides is 1. The Labute approximate surface area is 63.7 Å². The number of carbonyl (C=O) groups is 1. The van der Waals surface area contributed by atoms with Gasteiger partial charge >= 0.3 is 0 Å². The average molecular weight is 172 g/mol. The molecule has 0 fully saturated rings. The first kappa shape index (κ1) is 11.3. The second kappa shape index (κ2) is 5.65. The molecule has 0 aromatic heterocycles. The first-order valence-electron chi connectivity index (χ1n) is 1.85. The van der Waals surface area contributed by atoms with Gasteiger partial charge in [0.25, 0.3) is 5.91 Å². The lowest BCUT2D eigenvalue weighted by Gasteiger charge is -1.85. The Bertz CT molecular complexity index is 120. The third kappa shape index (κ3) is 7.52. The third-order valence-corrected chi connectivity index (χ3v) is 0.597. The standard InChI is InChI=1S/C3H6ClN3O.ClH/c4-1-2(8)7-3(5)6;/h1H2,(H4,5,6,7,8);1H. The molecule has 0 aromatic carbocycles. The van der Waals surface area contributed by atoms with Crippen LogP contribution in [0.15, 0.2) is 4.99 Å². The first-order chi connectivity index (χ1) is 3.66. The Morgan fingerprint density at radius 3 is 2.11 bits per heavy atom. The zero-order valence-corrected chi connectivity index (χ0v) is 6.08. The summed E-state index contributed by atoms with van der Waals surface area (Å²) in [5.41, 5.74) is 9.63. The molecule has 0 unspecified atom stereocenters. The van der Waals surface area contributed by atoms with Gasteiger partial charge in [0, 0.05) is 0 Å². The summed E-state index contributed by atoms with van der Waals surface area (Å²) < 4.78 is 0. The molecule has 0 radical (unpaired) electrons. The summed E-state index contributed by atoms with van der Waals surface area (Å²) in [6, 6.07) is 0. The van der Waals surface area contributed by atoms with Gasteiger partial charge in [-0.3, -0.25) is 4.79 Å². The topological polar surface area (TPSA) is 81.5 Å². The highest BCUT2D eigenvalue weighted by atomic mass is 35.5. The maximum Gasteiger partial charge on any atom is 0.263 e. The lowest BCUT2D eigenvalue weighted by Crippen LogP contribution is -2.24. The van der Waals surface area contributed by atoms with Crippen molar-refractivity contribution < 1.29 is 4.79 Å². The number of alkyl halides is 1. The van der Waals surface area contributed by atoms with Gasteiger partial charge in [-0.05, 0) is 0 Å². The van der Waals surface area contributed by atoms with Crippen LogP contribution in [0.1, 0.15) is 0 Å². The highest BCUT2D eigenvalue weighted by molar-refractivity contribution is 6.28. The summed E-state index contributed by atoms with van der Waals surface area (Å²) >= 11 is 5.03. The minimum atomic E-state index is -0.522. The molecule has 0 rings (SSSR count). The maximum atomic E-state index is 10.1. The van der Waals surface area contributed by atoms with Crippen LogP contribution >= 0.6 is 24.0 Å². The number of aliphatic imine (C=N–C) groups is 1.